The number of hydrogen-bond donors (Lipinski definition) is 2. The summed E-state index contributed by atoms with van der Waals surface area (Å²) >= 11 is 9.09. The average molecular weight is 517 g/mol. The van der Waals surface area contributed by atoms with E-state index in [2.05, 4.69) is 10.6 Å². The van der Waals surface area contributed by atoms with Gasteiger partial charge in [0.05, 0.1) is 14.2 Å². The van der Waals surface area contributed by atoms with Gasteiger partial charge in [-0.3, -0.25) is 9.59 Å². The fraction of sp³-hybridized carbons (Fsp3) is 0.200. The van der Waals surface area contributed by atoms with Crippen LogP contribution in [0.15, 0.2) is 65.7 Å². The molecule has 1 heterocycles. The Morgan fingerprint density at radius 2 is 1.82 bits per heavy atom. The van der Waals surface area contributed by atoms with Gasteiger partial charge in [0.1, 0.15) is 5.70 Å². The maximum atomic E-state index is 12.9. The van der Waals surface area contributed by atoms with Gasteiger partial charge in [0.25, 0.3) is 11.8 Å². The summed E-state index contributed by atoms with van der Waals surface area (Å²) in [5.74, 6) is 1.72. The second kappa shape index (κ2) is 13.1. The Morgan fingerprint density at radius 1 is 1.06 bits per heavy atom. The van der Waals surface area contributed by atoms with Crippen LogP contribution >= 0.6 is 34.7 Å². The number of benzene rings is 2. The summed E-state index contributed by atoms with van der Waals surface area (Å²) in [6, 6.07) is 16.3. The van der Waals surface area contributed by atoms with Gasteiger partial charge in [-0.25, -0.2) is 0 Å². The van der Waals surface area contributed by atoms with Crippen molar-refractivity contribution in [1.29, 1.82) is 0 Å². The Kier molecular flexibility index (Phi) is 9.88. The average Bonchev–Trinajstić information content (AvgIpc) is 3.37. The molecule has 2 aromatic carbocycles. The van der Waals surface area contributed by atoms with Crippen LogP contribution in [-0.4, -0.2) is 38.3 Å². The molecule has 2 amide bonds. The molecule has 0 spiro atoms. The van der Waals surface area contributed by atoms with Crippen molar-refractivity contribution < 1.29 is 19.1 Å². The maximum absolute atomic E-state index is 12.9. The van der Waals surface area contributed by atoms with E-state index in [4.69, 9.17) is 21.1 Å². The van der Waals surface area contributed by atoms with Gasteiger partial charge in [-0.2, -0.15) is 11.8 Å². The van der Waals surface area contributed by atoms with Crippen LogP contribution in [0.2, 0.25) is 5.02 Å². The number of thioether (sulfide) groups is 1. The Hall–Kier alpha value is -2.94. The molecular formula is C25H25ClN2O4S2. The number of amides is 2. The molecule has 0 bridgehead atoms. The number of carbonyl (C=O) groups is 2. The molecular weight excluding hydrogens is 492 g/mol. The quantitative estimate of drug-likeness (QED) is 0.269. The molecule has 0 fully saturated rings. The van der Waals surface area contributed by atoms with Crippen LogP contribution in [0.4, 0.5) is 0 Å². The monoisotopic (exact) mass is 516 g/mol. The number of carbonyl (C=O) groups excluding carboxylic acids is 2. The molecule has 3 rings (SSSR count). The topological polar surface area (TPSA) is 76.7 Å². The van der Waals surface area contributed by atoms with Crippen molar-refractivity contribution in [2.75, 3.05) is 26.5 Å². The van der Waals surface area contributed by atoms with E-state index < -0.39 is 5.91 Å². The Labute approximate surface area is 212 Å². The largest absolute Gasteiger partial charge is 0.493 e. The third-order valence-corrected chi connectivity index (χ3v) is 6.78. The molecule has 0 aliphatic rings. The van der Waals surface area contributed by atoms with Gasteiger partial charge in [0.2, 0.25) is 0 Å². The number of halogens is 1. The minimum Gasteiger partial charge on any atom is -0.493 e. The number of ether oxygens (including phenoxy) is 2. The first-order valence-corrected chi connectivity index (χ1v) is 12.8. The summed E-state index contributed by atoms with van der Waals surface area (Å²) in [4.78, 5) is 26.6. The van der Waals surface area contributed by atoms with Crippen LogP contribution in [0, 0.1) is 0 Å². The zero-order valence-corrected chi connectivity index (χ0v) is 21.2. The van der Waals surface area contributed by atoms with Gasteiger partial charge >= 0.3 is 0 Å². The first kappa shape index (κ1) is 25.7. The van der Waals surface area contributed by atoms with Crippen LogP contribution in [0.3, 0.4) is 0 Å². The summed E-state index contributed by atoms with van der Waals surface area (Å²) in [5, 5.41) is 8.23. The fourth-order valence-corrected chi connectivity index (χ4v) is 4.55. The van der Waals surface area contributed by atoms with Crippen molar-refractivity contribution in [3.8, 4) is 11.5 Å². The summed E-state index contributed by atoms with van der Waals surface area (Å²) < 4.78 is 10.5. The number of methoxy groups -OCH3 is 2. The van der Waals surface area contributed by atoms with Crippen molar-refractivity contribution >= 4 is 52.6 Å². The van der Waals surface area contributed by atoms with Crippen molar-refractivity contribution in [3.05, 3.63) is 86.7 Å². The lowest BCUT2D eigenvalue weighted by Gasteiger charge is -2.12. The highest BCUT2D eigenvalue weighted by molar-refractivity contribution is 7.98. The molecule has 0 atom stereocenters. The molecule has 6 nitrogen and oxygen atoms in total. The van der Waals surface area contributed by atoms with Crippen molar-refractivity contribution in [3.63, 3.8) is 0 Å². The molecule has 9 heteroatoms. The van der Waals surface area contributed by atoms with Crippen molar-refractivity contribution in [2.24, 2.45) is 0 Å². The van der Waals surface area contributed by atoms with Gasteiger partial charge in [-0.05, 0) is 53.4 Å². The van der Waals surface area contributed by atoms with Gasteiger partial charge in [-0.15, -0.1) is 11.3 Å². The molecule has 0 radical (unpaired) electrons. The first-order chi connectivity index (χ1) is 16.5. The van der Waals surface area contributed by atoms with Crippen LogP contribution in [-0.2, 0) is 10.5 Å². The second-order valence-electron chi connectivity index (χ2n) is 7.03. The van der Waals surface area contributed by atoms with Gasteiger partial charge in [0, 0.05) is 33.5 Å². The number of rotatable bonds is 11. The van der Waals surface area contributed by atoms with Gasteiger partial charge in [0.15, 0.2) is 11.5 Å². The minimum atomic E-state index is -0.420. The maximum Gasteiger partial charge on any atom is 0.267 e. The van der Waals surface area contributed by atoms with E-state index in [9.17, 15) is 9.59 Å². The lowest BCUT2D eigenvalue weighted by molar-refractivity contribution is -0.117. The molecule has 0 saturated carbocycles. The highest BCUT2D eigenvalue weighted by Crippen LogP contribution is 2.27. The molecule has 0 unspecified atom stereocenters. The van der Waals surface area contributed by atoms with Crippen LogP contribution in [0.25, 0.3) is 6.08 Å². The van der Waals surface area contributed by atoms with E-state index in [0.717, 1.165) is 16.4 Å². The van der Waals surface area contributed by atoms with E-state index in [1.54, 1.807) is 36.0 Å². The van der Waals surface area contributed by atoms with Crippen molar-refractivity contribution in [1.82, 2.24) is 10.6 Å². The lowest BCUT2D eigenvalue weighted by Crippen LogP contribution is -2.35. The number of thiophene rings is 1. The standard InChI is InChI=1S/C25H25ClN2O4S2/c1-31-22-10-7-18(14-23(22)32-2)24(29)28-21(15-20-4-3-12-34-20)25(30)27-11-13-33-16-17-5-8-19(26)9-6-17/h3-10,12,14-15H,11,13,16H2,1-2H3,(H,27,30)(H,28,29)/b21-15-. The van der Waals surface area contributed by atoms with Crippen molar-refractivity contribution in [2.45, 2.75) is 5.75 Å². The predicted molar refractivity (Wildman–Crippen MR) is 140 cm³/mol. The van der Waals surface area contributed by atoms with Crippen LogP contribution in [0.5, 0.6) is 11.5 Å². The summed E-state index contributed by atoms with van der Waals surface area (Å²) in [6.07, 6.45) is 1.67. The van der Waals surface area contributed by atoms with E-state index in [-0.39, 0.29) is 11.6 Å². The molecule has 1 aromatic heterocycles. The Bertz CT molecular complexity index is 1130. The fourth-order valence-electron chi connectivity index (χ4n) is 2.95. The Balaban J connectivity index is 1.61. The van der Waals surface area contributed by atoms with Crippen LogP contribution < -0.4 is 20.1 Å². The highest BCUT2D eigenvalue weighted by Gasteiger charge is 2.16. The van der Waals surface area contributed by atoms with E-state index in [1.807, 2.05) is 41.8 Å². The number of hydrogen-bond acceptors (Lipinski definition) is 6. The summed E-state index contributed by atoms with van der Waals surface area (Å²) in [5.41, 5.74) is 1.69. The molecule has 0 saturated heterocycles. The normalized spacial score (nSPS) is 11.1. The zero-order chi connectivity index (χ0) is 24.3. The van der Waals surface area contributed by atoms with Gasteiger partial charge in [-0.1, -0.05) is 29.8 Å². The molecule has 34 heavy (non-hydrogen) atoms. The third kappa shape index (κ3) is 7.55. The number of nitrogens with one attached hydrogen (secondary N) is 2. The Morgan fingerprint density at radius 3 is 2.50 bits per heavy atom. The molecule has 178 valence electrons. The van der Waals surface area contributed by atoms with E-state index >= 15 is 0 Å². The van der Waals surface area contributed by atoms with Gasteiger partial charge < -0.3 is 20.1 Å². The highest BCUT2D eigenvalue weighted by atomic mass is 35.5. The smallest absolute Gasteiger partial charge is 0.267 e. The molecule has 0 aliphatic carbocycles. The predicted octanol–water partition coefficient (Wildman–Crippen LogP) is 5.24. The van der Waals surface area contributed by atoms with E-state index in [0.29, 0.717) is 28.6 Å². The molecule has 2 N–H and O–H groups in total. The first-order valence-electron chi connectivity index (χ1n) is 10.4. The second-order valence-corrected chi connectivity index (χ2v) is 9.55. The van der Waals surface area contributed by atoms with Crippen LogP contribution in [0.1, 0.15) is 20.8 Å². The van der Waals surface area contributed by atoms with E-state index in [1.165, 1.54) is 31.1 Å². The SMILES string of the molecule is COc1ccc(C(=O)N/C(=C\c2cccs2)C(=O)NCCSCc2ccc(Cl)cc2)cc1OC. The summed E-state index contributed by atoms with van der Waals surface area (Å²) in [6.45, 7) is 0.463. The molecule has 0 aliphatic heterocycles. The lowest BCUT2D eigenvalue weighted by atomic mass is 10.1. The third-order valence-electron chi connectivity index (χ3n) is 4.68. The zero-order valence-electron chi connectivity index (χ0n) is 18.8. The molecule has 3 aromatic rings. The minimum absolute atomic E-state index is 0.171. The summed E-state index contributed by atoms with van der Waals surface area (Å²) in [7, 11) is 3.03.